The van der Waals surface area contributed by atoms with Crippen LogP contribution in [0.15, 0.2) is 43.0 Å². The molecule has 3 aromatic heterocycles. The fourth-order valence-electron chi connectivity index (χ4n) is 3.02. The first-order valence-corrected chi connectivity index (χ1v) is 8.29. The summed E-state index contributed by atoms with van der Waals surface area (Å²) in [4.78, 5) is 19.5. The van der Waals surface area contributed by atoms with E-state index >= 15 is 0 Å². The van der Waals surface area contributed by atoms with Crippen LogP contribution in [0.4, 0.5) is 24.7 Å². The van der Waals surface area contributed by atoms with Gasteiger partial charge in [-0.3, -0.25) is 9.50 Å². The van der Waals surface area contributed by atoms with Gasteiger partial charge in [0.05, 0.1) is 29.2 Å². The highest BCUT2D eigenvalue weighted by molar-refractivity contribution is 5.90. The summed E-state index contributed by atoms with van der Waals surface area (Å²) in [7, 11) is 0. The van der Waals surface area contributed by atoms with Gasteiger partial charge in [-0.2, -0.15) is 18.3 Å². The fourth-order valence-corrected chi connectivity index (χ4v) is 3.02. The molecule has 0 aliphatic heterocycles. The van der Waals surface area contributed by atoms with Crippen molar-refractivity contribution >= 4 is 23.1 Å². The molecule has 4 rings (SSSR count). The topological polar surface area (TPSA) is 108 Å². The number of hydrogen-bond acceptors (Lipinski definition) is 5. The van der Waals surface area contributed by atoms with Crippen LogP contribution in [0.3, 0.4) is 0 Å². The molecule has 0 aliphatic rings. The Kier molecular flexibility index (Phi) is 4.22. The lowest BCUT2D eigenvalue weighted by Crippen LogP contribution is -2.08. The first-order chi connectivity index (χ1) is 13.8. The zero-order chi connectivity index (χ0) is 20.8. The van der Waals surface area contributed by atoms with E-state index in [1.807, 2.05) is 5.10 Å². The van der Waals surface area contributed by atoms with E-state index < -0.39 is 17.8 Å². The summed E-state index contributed by atoms with van der Waals surface area (Å²) >= 11 is 0. The maximum atomic E-state index is 13.2. The monoisotopic (exact) mass is 402 g/mol. The number of fused-ring (bicyclic) bond motifs is 1. The van der Waals surface area contributed by atoms with Crippen LogP contribution in [0.2, 0.25) is 0 Å². The first kappa shape index (κ1) is 18.5. The standard InChI is InChI=1S/C18H13F3N6O2/c1-9-6-10(2-3-11(9)17(28)29)25-15-16-23-8-13(27(16)5-4-22-15)12-7-24-26-14(12)18(19,20)21/h2-8H,1H3,(H,22,25)(H,24,26)(H,28,29). The smallest absolute Gasteiger partial charge is 0.433 e. The summed E-state index contributed by atoms with van der Waals surface area (Å²) in [6.07, 6.45) is 0.726. The quantitative estimate of drug-likeness (QED) is 0.478. The number of benzene rings is 1. The zero-order valence-corrected chi connectivity index (χ0v) is 14.8. The molecule has 4 aromatic rings. The van der Waals surface area contributed by atoms with E-state index in [0.717, 1.165) is 6.20 Å². The summed E-state index contributed by atoms with van der Waals surface area (Å²) in [5.74, 6) is -0.731. The van der Waals surface area contributed by atoms with E-state index in [1.165, 1.54) is 29.1 Å². The number of carboxylic acid groups (broad SMARTS) is 1. The molecule has 8 nitrogen and oxygen atoms in total. The lowest BCUT2D eigenvalue weighted by molar-refractivity contribution is -0.140. The van der Waals surface area contributed by atoms with Crippen LogP contribution in [0.5, 0.6) is 0 Å². The van der Waals surface area contributed by atoms with E-state index in [0.29, 0.717) is 22.7 Å². The molecule has 0 spiro atoms. The molecule has 0 saturated carbocycles. The molecule has 29 heavy (non-hydrogen) atoms. The number of imidazole rings is 1. The van der Waals surface area contributed by atoms with Gasteiger partial charge in [-0.1, -0.05) is 0 Å². The van der Waals surface area contributed by atoms with Crippen molar-refractivity contribution in [3.63, 3.8) is 0 Å². The van der Waals surface area contributed by atoms with Crippen molar-refractivity contribution in [3.8, 4) is 11.3 Å². The Morgan fingerprint density at radius 1 is 1.24 bits per heavy atom. The molecule has 0 bridgehead atoms. The molecule has 3 N–H and O–H groups in total. The number of H-pyrrole nitrogens is 1. The van der Waals surface area contributed by atoms with Crippen molar-refractivity contribution < 1.29 is 23.1 Å². The number of alkyl halides is 3. The van der Waals surface area contributed by atoms with E-state index in [9.17, 15) is 18.0 Å². The van der Waals surface area contributed by atoms with Gasteiger partial charge in [0.2, 0.25) is 0 Å². The maximum absolute atomic E-state index is 13.2. The van der Waals surface area contributed by atoms with Gasteiger partial charge in [0.15, 0.2) is 11.5 Å². The minimum Gasteiger partial charge on any atom is -0.478 e. The van der Waals surface area contributed by atoms with Gasteiger partial charge in [0, 0.05) is 18.1 Å². The van der Waals surface area contributed by atoms with Crippen LogP contribution in [-0.2, 0) is 6.18 Å². The average Bonchev–Trinajstić information content (AvgIpc) is 3.28. The molecule has 11 heteroatoms. The number of anilines is 2. The first-order valence-electron chi connectivity index (χ1n) is 8.29. The zero-order valence-electron chi connectivity index (χ0n) is 14.8. The molecular weight excluding hydrogens is 389 g/mol. The van der Waals surface area contributed by atoms with E-state index in [4.69, 9.17) is 5.11 Å². The number of aromatic carboxylic acids is 1. The predicted molar refractivity (Wildman–Crippen MR) is 97.0 cm³/mol. The molecule has 1 aromatic carbocycles. The third kappa shape index (κ3) is 3.26. The normalized spacial score (nSPS) is 11.7. The lowest BCUT2D eigenvalue weighted by atomic mass is 10.1. The van der Waals surface area contributed by atoms with Crippen molar-refractivity contribution in [2.75, 3.05) is 5.32 Å². The number of hydrogen-bond donors (Lipinski definition) is 3. The highest BCUT2D eigenvalue weighted by Gasteiger charge is 2.36. The number of aryl methyl sites for hydroxylation is 1. The Balaban J connectivity index is 1.75. The number of carboxylic acids is 1. The summed E-state index contributed by atoms with van der Waals surface area (Å²) in [5.41, 5.74) is 0.683. The minimum atomic E-state index is -4.59. The second-order valence-corrected chi connectivity index (χ2v) is 6.23. The number of aromatic amines is 1. The van der Waals surface area contributed by atoms with Crippen LogP contribution < -0.4 is 5.32 Å². The summed E-state index contributed by atoms with van der Waals surface area (Å²) < 4.78 is 41.1. The van der Waals surface area contributed by atoms with Crippen molar-refractivity contribution in [3.05, 3.63) is 59.8 Å². The van der Waals surface area contributed by atoms with Crippen molar-refractivity contribution in [1.82, 2.24) is 24.6 Å². The Bertz CT molecular complexity index is 1230. The van der Waals surface area contributed by atoms with Crippen LogP contribution in [0.1, 0.15) is 21.6 Å². The van der Waals surface area contributed by atoms with Gasteiger partial charge < -0.3 is 10.4 Å². The predicted octanol–water partition coefficient (Wildman–Crippen LogP) is 3.89. The second-order valence-electron chi connectivity index (χ2n) is 6.23. The van der Waals surface area contributed by atoms with Crippen molar-refractivity contribution in [2.24, 2.45) is 0 Å². The Hall–Kier alpha value is -3.89. The summed E-state index contributed by atoms with van der Waals surface area (Å²) in [6, 6.07) is 4.66. The van der Waals surface area contributed by atoms with Gasteiger partial charge in [-0.15, -0.1) is 0 Å². The Morgan fingerprint density at radius 2 is 2.03 bits per heavy atom. The van der Waals surface area contributed by atoms with Crippen LogP contribution >= 0.6 is 0 Å². The molecule has 0 unspecified atom stereocenters. The minimum absolute atomic E-state index is 0.135. The molecule has 3 heterocycles. The number of rotatable bonds is 4. The number of nitrogens with zero attached hydrogens (tertiary/aromatic N) is 4. The molecule has 0 aliphatic carbocycles. The van der Waals surface area contributed by atoms with Gasteiger partial charge in [0.1, 0.15) is 5.69 Å². The molecule has 0 radical (unpaired) electrons. The molecule has 0 atom stereocenters. The van der Waals surface area contributed by atoms with Gasteiger partial charge in [-0.05, 0) is 30.7 Å². The second kappa shape index (κ2) is 6.62. The molecule has 0 amide bonds. The van der Waals surface area contributed by atoms with Gasteiger partial charge >= 0.3 is 12.1 Å². The van der Waals surface area contributed by atoms with E-state index in [-0.39, 0.29) is 16.8 Å². The summed E-state index contributed by atoms with van der Waals surface area (Å²) in [5, 5.41) is 17.6. The Labute approximate surface area is 161 Å². The van der Waals surface area contributed by atoms with Crippen LogP contribution in [-0.4, -0.2) is 35.6 Å². The highest BCUT2D eigenvalue weighted by Crippen LogP contribution is 2.36. The van der Waals surface area contributed by atoms with Crippen LogP contribution in [0, 0.1) is 6.92 Å². The number of aromatic nitrogens is 5. The summed E-state index contributed by atoms with van der Waals surface area (Å²) in [6.45, 7) is 1.66. The number of nitrogens with one attached hydrogen (secondary N) is 2. The average molecular weight is 402 g/mol. The number of halogens is 3. The van der Waals surface area contributed by atoms with Crippen molar-refractivity contribution in [2.45, 2.75) is 13.1 Å². The largest absolute Gasteiger partial charge is 0.478 e. The van der Waals surface area contributed by atoms with E-state index in [2.05, 4.69) is 20.4 Å². The van der Waals surface area contributed by atoms with E-state index in [1.54, 1.807) is 19.1 Å². The maximum Gasteiger partial charge on any atom is 0.433 e. The molecule has 148 valence electrons. The van der Waals surface area contributed by atoms with Crippen LogP contribution in [0.25, 0.3) is 16.9 Å². The molecule has 0 saturated heterocycles. The fraction of sp³-hybridized carbons (Fsp3) is 0.111. The molecule has 0 fully saturated rings. The lowest BCUT2D eigenvalue weighted by Gasteiger charge is -2.10. The third-order valence-electron chi connectivity index (χ3n) is 4.35. The van der Waals surface area contributed by atoms with Gasteiger partial charge in [-0.25, -0.2) is 14.8 Å². The third-order valence-corrected chi connectivity index (χ3v) is 4.35. The van der Waals surface area contributed by atoms with Gasteiger partial charge in [0.25, 0.3) is 0 Å². The van der Waals surface area contributed by atoms with Crippen molar-refractivity contribution in [1.29, 1.82) is 0 Å². The Morgan fingerprint density at radius 3 is 2.72 bits per heavy atom. The highest BCUT2D eigenvalue weighted by atomic mass is 19.4. The molecular formula is C18H13F3N6O2. The number of carbonyl (C=O) groups is 1. The SMILES string of the molecule is Cc1cc(Nc2nccn3c(-c4cn[nH]c4C(F)(F)F)cnc23)ccc1C(=O)O.